The van der Waals surface area contributed by atoms with Crippen molar-refractivity contribution in [1.82, 2.24) is 4.98 Å². The Bertz CT molecular complexity index is 384. The molecular weight excluding hydrogens is 262 g/mol. The second-order valence-corrected chi connectivity index (χ2v) is 3.25. The normalized spacial score (nSPS) is 10.6. The van der Waals surface area contributed by atoms with Crippen molar-refractivity contribution in [3.8, 4) is 0 Å². The Morgan fingerprint density at radius 2 is 2.21 bits per heavy atom. The van der Waals surface area contributed by atoms with Gasteiger partial charge in [-0.15, -0.1) is 0 Å². The van der Waals surface area contributed by atoms with E-state index in [-0.39, 0.29) is 10.2 Å². The Morgan fingerprint density at radius 3 is 2.64 bits per heavy atom. The number of carbonyl (C=O) groups is 1. The number of hydrogen-bond donors (Lipinski definition) is 2. The molecule has 0 saturated carbocycles. The molecule has 0 aliphatic rings. The molecule has 0 bridgehead atoms. The lowest BCUT2D eigenvalue weighted by molar-refractivity contribution is 0.0687. The number of hydrogen-bond acceptors (Lipinski definition) is 3. The van der Waals surface area contributed by atoms with E-state index in [1.54, 1.807) is 0 Å². The Hall–Kier alpha value is -1.24. The van der Waals surface area contributed by atoms with Crippen LogP contribution in [0.3, 0.4) is 0 Å². The van der Waals surface area contributed by atoms with Crippen molar-refractivity contribution in [2.45, 2.75) is 6.43 Å². The highest BCUT2D eigenvalue weighted by molar-refractivity contribution is 9.10. The zero-order valence-electron chi connectivity index (χ0n) is 6.67. The standard InChI is InChI=1S/C7H5BrF2N2O2/c8-2-1-3(11)5(6(9)10)12-4(2)7(13)14/h1,6H,11H2,(H,13,14). The van der Waals surface area contributed by atoms with Gasteiger partial charge in [-0.1, -0.05) is 0 Å². The van der Waals surface area contributed by atoms with Crippen molar-refractivity contribution in [2.75, 3.05) is 5.73 Å². The lowest BCUT2D eigenvalue weighted by atomic mass is 10.2. The van der Waals surface area contributed by atoms with Crippen LogP contribution < -0.4 is 5.73 Å². The maximum Gasteiger partial charge on any atom is 0.355 e. The summed E-state index contributed by atoms with van der Waals surface area (Å²) in [6.07, 6.45) is -2.89. The number of nitrogen functional groups attached to an aromatic ring is 1. The van der Waals surface area contributed by atoms with Gasteiger partial charge in [0.25, 0.3) is 6.43 Å². The van der Waals surface area contributed by atoms with E-state index < -0.39 is 23.8 Å². The number of aromatic nitrogens is 1. The number of halogens is 3. The van der Waals surface area contributed by atoms with Crippen LogP contribution in [0.25, 0.3) is 0 Å². The summed E-state index contributed by atoms with van der Waals surface area (Å²) in [4.78, 5) is 13.8. The first-order chi connectivity index (χ1) is 6.43. The summed E-state index contributed by atoms with van der Waals surface area (Å²) in [5.41, 5.74) is 3.79. The van der Waals surface area contributed by atoms with Crippen LogP contribution in [0.4, 0.5) is 14.5 Å². The second-order valence-electron chi connectivity index (χ2n) is 2.40. The van der Waals surface area contributed by atoms with Crippen LogP contribution in [-0.2, 0) is 0 Å². The van der Waals surface area contributed by atoms with Gasteiger partial charge < -0.3 is 10.8 Å². The number of anilines is 1. The number of carboxylic acids is 1. The van der Waals surface area contributed by atoms with E-state index in [2.05, 4.69) is 20.9 Å². The monoisotopic (exact) mass is 266 g/mol. The molecule has 0 unspecified atom stereocenters. The largest absolute Gasteiger partial charge is 0.476 e. The molecule has 1 aromatic rings. The summed E-state index contributed by atoms with van der Waals surface area (Å²) in [7, 11) is 0. The lowest BCUT2D eigenvalue weighted by Crippen LogP contribution is -2.07. The number of nitrogens with zero attached hydrogens (tertiary/aromatic N) is 1. The van der Waals surface area contributed by atoms with Gasteiger partial charge in [0.15, 0.2) is 5.69 Å². The number of nitrogens with two attached hydrogens (primary N) is 1. The Morgan fingerprint density at radius 1 is 1.64 bits per heavy atom. The zero-order chi connectivity index (χ0) is 10.9. The van der Waals surface area contributed by atoms with E-state index >= 15 is 0 Å². The summed E-state index contributed by atoms with van der Waals surface area (Å²) >= 11 is 2.86. The van der Waals surface area contributed by atoms with Gasteiger partial charge in [0.1, 0.15) is 5.69 Å². The van der Waals surface area contributed by atoms with Crippen LogP contribution in [0.15, 0.2) is 10.5 Å². The van der Waals surface area contributed by atoms with Crippen LogP contribution in [0, 0.1) is 0 Å². The number of rotatable bonds is 2. The highest BCUT2D eigenvalue weighted by Gasteiger charge is 2.19. The minimum absolute atomic E-state index is 0.0758. The first-order valence-corrected chi connectivity index (χ1v) is 4.20. The fraction of sp³-hybridized carbons (Fsp3) is 0.143. The van der Waals surface area contributed by atoms with Gasteiger partial charge in [0, 0.05) is 0 Å². The molecule has 7 heteroatoms. The molecule has 0 aromatic carbocycles. The molecule has 3 N–H and O–H groups in total. The molecule has 1 aromatic heterocycles. The van der Waals surface area contributed by atoms with E-state index in [9.17, 15) is 13.6 Å². The summed E-state index contributed by atoms with van der Waals surface area (Å²) < 4.78 is 24.6. The summed E-state index contributed by atoms with van der Waals surface area (Å²) in [5.74, 6) is -1.39. The molecule has 0 radical (unpaired) electrons. The predicted molar refractivity (Wildman–Crippen MR) is 48.3 cm³/mol. The van der Waals surface area contributed by atoms with Crippen LogP contribution in [0.1, 0.15) is 22.6 Å². The molecule has 76 valence electrons. The first-order valence-electron chi connectivity index (χ1n) is 3.41. The maximum atomic E-state index is 12.3. The highest BCUT2D eigenvalue weighted by Crippen LogP contribution is 2.27. The van der Waals surface area contributed by atoms with Gasteiger partial charge >= 0.3 is 5.97 Å². The second kappa shape index (κ2) is 3.87. The van der Waals surface area contributed by atoms with Gasteiger partial charge in [-0.05, 0) is 22.0 Å². The van der Waals surface area contributed by atoms with E-state index in [0.717, 1.165) is 6.07 Å². The average Bonchev–Trinajstić information content (AvgIpc) is 2.02. The Kier molecular flexibility index (Phi) is 3.00. The molecule has 0 amide bonds. The Labute approximate surface area is 85.9 Å². The zero-order valence-corrected chi connectivity index (χ0v) is 8.25. The third kappa shape index (κ3) is 1.98. The third-order valence-corrected chi connectivity index (χ3v) is 2.05. The van der Waals surface area contributed by atoms with Crippen molar-refractivity contribution in [1.29, 1.82) is 0 Å². The highest BCUT2D eigenvalue weighted by atomic mass is 79.9. The molecule has 0 aliphatic heterocycles. The SMILES string of the molecule is Nc1cc(Br)c(C(=O)O)nc1C(F)F. The third-order valence-electron chi connectivity index (χ3n) is 1.45. The Balaban J connectivity index is 3.34. The minimum Gasteiger partial charge on any atom is -0.476 e. The topological polar surface area (TPSA) is 76.2 Å². The van der Waals surface area contributed by atoms with Crippen LogP contribution in [-0.4, -0.2) is 16.1 Å². The van der Waals surface area contributed by atoms with E-state index in [1.165, 1.54) is 0 Å². The van der Waals surface area contributed by atoms with Crippen LogP contribution in [0.2, 0.25) is 0 Å². The van der Waals surface area contributed by atoms with Crippen LogP contribution >= 0.6 is 15.9 Å². The van der Waals surface area contributed by atoms with Crippen molar-refractivity contribution in [2.24, 2.45) is 0 Å². The number of alkyl halides is 2. The molecule has 0 fully saturated rings. The molecule has 0 atom stereocenters. The molecule has 0 spiro atoms. The van der Waals surface area contributed by atoms with Crippen molar-refractivity contribution in [3.63, 3.8) is 0 Å². The van der Waals surface area contributed by atoms with E-state index in [0.29, 0.717) is 0 Å². The number of aromatic carboxylic acids is 1. The number of pyridine rings is 1. The summed E-state index contributed by atoms with van der Waals surface area (Å²) in [6.45, 7) is 0. The van der Waals surface area contributed by atoms with Gasteiger partial charge in [0.05, 0.1) is 10.2 Å². The van der Waals surface area contributed by atoms with Crippen LogP contribution in [0.5, 0.6) is 0 Å². The van der Waals surface area contributed by atoms with Crippen molar-refractivity contribution in [3.05, 3.63) is 21.9 Å². The molecule has 4 nitrogen and oxygen atoms in total. The van der Waals surface area contributed by atoms with Crippen molar-refractivity contribution < 1.29 is 18.7 Å². The van der Waals surface area contributed by atoms with Gasteiger partial charge in [-0.3, -0.25) is 0 Å². The lowest BCUT2D eigenvalue weighted by Gasteiger charge is -2.06. The van der Waals surface area contributed by atoms with Gasteiger partial charge in [-0.2, -0.15) is 0 Å². The van der Waals surface area contributed by atoms with Crippen molar-refractivity contribution >= 4 is 27.6 Å². The molecular formula is C7H5BrF2N2O2. The van der Waals surface area contributed by atoms with Gasteiger partial charge in [-0.25, -0.2) is 18.6 Å². The summed E-state index contributed by atoms with van der Waals surface area (Å²) in [5, 5.41) is 8.58. The smallest absolute Gasteiger partial charge is 0.355 e. The van der Waals surface area contributed by atoms with E-state index in [4.69, 9.17) is 10.8 Å². The minimum atomic E-state index is -2.89. The predicted octanol–water partition coefficient (Wildman–Crippen LogP) is 2.06. The van der Waals surface area contributed by atoms with Gasteiger partial charge in [0.2, 0.25) is 0 Å². The fourth-order valence-corrected chi connectivity index (χ4v) is 1.35. The quantitative estimate of drug-likeness (QED) is 0.859. The fourth-order valence-electron chi connectivity index (χ4n) is 0.842. The molecule has 0 aliphatic carbocycles. The average molecular weight is 267 g/mol. The first kappa shape index (κ1) is 10.8. The molecule has 14 heavy (non-hydrogen) atoms. The van der Waals surface area contributed by atoms with E-state index in [1.807, 2.05) is 0 Å². The summed E-state index contributed by atoms with van der Waals surface area (Å²) in [6, 6.07) is 1.10. The molecule has 1 rings (SSSR count). The number of carboxylic acid groups (broad SMARTS) is 1. The molecule has 0 saturated heterocycles. The maximum absolute atomic E-state index is 12.3. The molecule has 1 heterocycles.